The molecule has 4 heteroatoms. The SMILES string of the molecule is CCS(=O)(=O)CCCNC1CCCCC1. The molecule has 1 saturated carbocycles. The van der Waals surface area contributed by atoms with Crippen LogP contribution in [-0.2, 0) is 9.84 Å². The zero-order valence-corrected chi connectivity index (χ0v) is 10.5. The highest BCUT2D eigenvalue weighted by molar-refractivity contribution is 7.91. The molecule has 90 valence electrons. The van der Waals surface area contributed by atoms with Crippen LogP contribution < -0.4 is 5.32 Å². The van der Waals surface area contributed by atoms with E-state index in [1.54, 1.807) is 6.92 Å². The van der Waals surface area contributed by atoms with E-state index in [0.717, 1.165) is 13.0 Å². The fourth-order valence-electron chi connectivity index (χ4n) is 2.05. The van der Waals surface area contributed by atoms with E-state index in [0.29, 0.717) is 11.8 Å². The zero-order valence-electron chi connectivity index (χ0n) is 9.67. The minimum Gasteiger partial charge on any atom is -0.314 e. The lowest BCUT2D eigenvalue weighted by atomic mass is 9.95. The van der Waals surface area contributed by atoms with Crippen LogP contribution in [0.4, 0.5) is 0 Å². The van der Waals surface area contributed by atoms with E-state index in [1.807, 2.05) is 0 Å². The molecule has 0 atom stereocenters. The third-order valence-electron chi connectivity index (χ3n) is 3.11. The van der Waals surface area contributed by atoms with Gasteiger partial charge in [-0.3, -0.25) is 0 Å². The van der Waals surface area contributed by atoms with E-state index in [-0.39, 0.29) is 5.75 Å². The molecule has 0 saturated heterocycles. The Labute approximate surface area is 93.6 Å². The van der Waals surface area contributed by atoms with Gasteiger partial charge in [0.1, 0.15) is 9.84 Å². The van der Waals surface area contributed by atoms with Crippen molar-refractivity contribution < 1.29 is 8.42 Å². The van der Waals surface area contributed by atoms with Crippen molar-refractivity contribution >= 4 is 9.84 Å². The molecule has 1 rings (SSSR count). The van der Waals surface area contributed by atoms with Crippen molar-refractivity contribution in [1.82, 2.24) is 5.32 Å². The molecule has 0 aromatic rings. The maximum atomic E-state index is 11.2. The second-order valence-corrected chi connectivity index (χ2v) is 6.85. The van der Waals surface area contributed by atoms with E-state index in [4.69, 9.17) is 0 Å². The van der Waals surface area contributed by atoms with Crippen LogP contribution in [0.15, 0.2) is 0 Å². The van der Waals surface area contributed by atoms with Crippen LogP contribution in [-0.4, -0.2) is 32.5 Å². The van der Waals surface area contributed by atoms with Gasteiger partial charge in [0.2, 0.25) is 0 Å². The summed E-state index contributed by atoms with van der Waals surface area (Å²) in [5.41, 5.74) is 0. The molecule has 1 N–H and O–H groups in total. The van der Waals surface area contributed by atoms with Crippen LogP contribution in [0.1, 0.15) is 45.4 Å². The molecule has 1 fully saturated rings. The Hall–Kier alpha value is -0.0900. The lowest BCUT2D eigenvalue weighted by Gasteiger charge is -2.22. The Morgan fingerprint density at radius 3 is 2.47 bits per heavy atom. The molecule has 0 aromatic heterocycles. The largest absolute Gasteiger partial charge is 0.314 e. The van der Waals surface area contributed by atoms with Gasteiger partial charge in [0.15, 0.2) is 0 Å². The number of rotatable bonds is 6. The van der Waals surface area contributed by atoms with Gasteiger partial charge >= 0.3 is 0 Å². The standard InChI is InChI=1S/C11H23NO2S/c1-2-15(13,14)10-6-9-12-11-7-4-3-5-8-11/h11-12H,2-10H2,1H3. The van der Waals surface area contributed by atoms with Crippen molar-refractivity contribution in [3.05, 3.63) is 0 Å². The Bertz CT molecular complexity index is 256. The Balaban J connectivity index is 2.06. The highest BCUT2D eigenvalue weighted by Crippen LogP contribution is 2.17. The fraction of sp³-hybridized carbons (Fsp3) is 1.00. The minimum absolute atomic E-state index is 0.274. The Kier molecular flexibility index (Phi) is 5.61. The molecule has 0 aromatic carbocycles. The van der Waals surface area contributed by atoms with E-state index in [2.05, 4.69) is 5.32 Å². The van der Waals surface area contributed by atoms with Crippen molar-refractivity contribution in [3.8, 4) is 0 Å². The van der Waals surface area contributed by atoms with Crippen molar-refractivity contribution in [2.45, 2.75) is 51.5 Å². The molecular formula is C11H23NO2S. The summed E-state index contributed by atoms with van der Waals surface area (Å²) in [6, 6.07) is 0.642. The molecule has 0 amide bonds. The van der Waals surface area contributed by atoms with Crippen molar-refractivity contribution in [2.75, 3.05) is 18.1 Å². The topological polar surface area (TPSA) is 46.2 Å². The molecule has 15 heavy (non-hydrogen) atoms. The van der Waals surface area contributed by atoms with Gasteiger partial charge in [-0.1, -0.05) is 26.2 Å². The van der Waals surface area contributed by atoms with E-state index < -0.39 is 9.84 Å². The minimum atomic E-state index is -2.76. The van der Waals surface area contributed by atoms with Gasteiger partial charge in [-0.15, -0.1) is 0 Å². The second-order valence-electron chi connectivity index (χ2n) is 4.38. The van der Waals surface area contributed by atoms with Gasteiger partial charge < -0.3 is 5.32 Å². The first-order valence-corrected chi connectivity index (χ1v) is 7.90. The summed E-state index contributed by atoms with van der Waals surface area (Å²) in [5.74, 6) is 0.611. The molecule has 0 unspecified atom stereocenters. The highest BCUT2D eigenvalue weighted by Gasteiger charge is 2.12. The van der Waals surface area contributed by atoms with Crippen LogP contribution in [0, 0.1) is 0 Å². The summed E-state index contributed by atoms with van der Waals surface area (Å²) in [5, 5.41) is 3.45. The average molecular weight is 233 g/mol. The van der Waals surface area contributed by atoms with Gasteiger partial charge in [-0.05, 0) is 25.8 Å². The zero-order chi connectivity index (χ0) is 11.1. The summed E-state index contributed by atoms with van der Waals surface area (Å²) >= 11 is 0. The lowest BCUT2D eigenvalue weighted by Crippen LogP contribution is -2.32. The van der Waals surface area contributed by atoms with Gasteiger partial charge in [-0.2, -0.15) is 0 Å². The molecule has 0 aliphatic heterocycles. The molecule has 3 nitrogen and oxygen atoms in total. The number of hydrogen-bond acceptors (Lipinski definition) is 3. The van der Waals surface area contributed by atoms with Gasteiger partial charge in [0, 0.05) is 11.8 Å². The second kappa shape index (κ2) is 6.48. The fourth-order valence-corrected chi connectivity index (χ4v) is 2.92. The summed E-state index contributed by atoms with van der Waals surface area (Å²) < 4.78 is 22.4. The van der Waals surface area contributed by atoms with Crippen molar-refractivity contribution in [3.63, 3.8) is 0 Å². The molecular weight excluding hydrogens is 210 g/mol. The first-order valence-electron chi connectivity index (χ1n) is 6.08. The van der Waals surface area contributed by atoms with Crippen molar-refractivity contribution in [1.29, 1.82) is 0 Å². The predicted molar refractivity (Wildman–Crippen MR) is 63.8 cm³/mol. The first kappa shape index (κ1) is 13.0. The summed E-state index contributed by atoms with van der Waals surface area (Å²) in [4.78, 5) is 0. The third kappa shape index (κ3) is 5.52. The molecule has 1 aliphatic carbocycles. The number of hydrogen-bond donors (Lipinski definition) is 1. The maximum absolute atomic E-state index is 11.2. The van der Waals surface area contributed by atoms with Gasteiger partial charge in [-0.25, -0.2) is 8.42 Å². The van der Waals surface area contributed by atoms with Crippen LogP contribution in [0.5, 0.6) is 0 Å². The summed E-state index contributed by atoms with van der Waals surface area (Å²) in [6.07, 6.45) is 7.30. The number of nitrogens with one attached hydrogen (secondary N) is 1. The summed E-state index contributed by atoms with van der Waals surface area (Å²) in [6.45, 7) is 2.56. The molecule has 0 radical (unpaired) electrons. The van der Waals surface area contributed by atoms with Crippen molar-refractivity contribution in [2.24, 2.45) is 0 Å². The highest BCUT2D eigenvalue weighted by atomic mass is 32.2. The Morgan fingerprint density at radius 1 is 1.20 bits per heavy atom. The van der Waals surface area contributed by atoms with Crippen LogP contribution in [0.25, 0.3) is 0 Å². The van der Waals surface area contributed by atoms with E-state index in [9.17, 15) is 8.42 Å². The average Bonchev–Trinajstić information content (AvgIpc) is 2.26. The van der Waals surface area contributed by atoms with Crippen LogP contribution in [0.2, 0.25) is 0 Å². The molecule has 0 heterocycles. The lowest BCUT2D eigenvalue weighted by molar-refractivity contribution is 0.374. The summed E-state index contributed by atoms with van der Waals surface area (Å²) in [7, 11) is -2.76. The molecule has 1 aliphatic rings. The smallest absolute Gasteiger partial charge is 0.150 e. The van der Waals surface area contributed by atoms with Crippen LogP contribution in [0.3, 0.4) is 0 Å². The Morgan fingerprint density at radius 2 is 1.87 bits per heavy atom. The quantitative estimate of drug-likeness (QED) is 0.711. The monoisotopic (exact) mass is 233 g/mol. The molecule has 0 bridgehead atoms. The van der Waals surface area contributed by atoms with Gasteiger partial charge in [0.25, 0.3) is 0 Å². The van der Waals surface area contributed by atoms with E-state index in [1.165, 1.54) is 32.1 Å². The first-order chi connectivity index (χ1) is 7.14. The van der Waals surface area contributed by atoms with Crippen LogP contribution >= 0.6 is 0 Å². The predicted octanol–water partition coefficient (Wildman–Crippen LogP) is 1.73. The molecule has 0 spiro atoms. The number of sulfone groups is 1. The maximum Gasteiger partial charge on any atom is 0.150 e. The van der Waals surface area contributed by atoms with E-state index >= 15 is 0 Å². The third-order valence-corrected chi connectivity index (χ3v) is 4.90. The van der Waals surface area contributed by atoms with Gasteiger partial charge in [0.05, 0.1) is 5.75 Å². The normalized spacial score (nSPS) is 19.3.